The largest absolute Gasteiger partial charge is 0.368 e. The molecule has 0 radical (unpaired) electrons. The third kappa shape index (κ3) is 4.51. The van der Waals surface area contributed by atoms with E-state index >= 15 is 0 Å². The van der Waals surface area contributed by atoms with E-state index in [9.17, 15) is 0 Å². The molecule has 2 nitrogen and oxygen atoms in total. The maximum Gasteiger partial charge on any atom is 0.0654 e. The molecule has 2 fully saturated rings. The molecule has 2 aromatic rings. The highest BCUT2D eigenvalue weighted by molar-refractivity contribution is 8.93. The van der Waals surface area contributed by atoms with Crippen molar-refractivity contribution in [2.75, 3.05) is 37.6 Å². The number of halogens is 3. The maximum absolute atomic E-state index is 6.34. The molecule has 0 unspecified atom stereocenters. The van der Waals surface area contributed by atoms with Crippen LogP contribution in [0.5, 0.6) is 0 Å². The van der Waals surface area contributed by atoms with Gasteiger partial charge in [0.25, 0.3) is 0 Å². The Labute approximate surface area is 170 Å². The number of rotatable bonds is 4. The molecule has 134 valence electrons. The van der Waals surface area contributed by atoms with Crippen molar-refractivity contribution in [3.63, 3.8) is 0 Å². The summed E-state index contributed by atoms with van der Waals surface area (Å²) in [6, 6.07) is 16.7. The summed E-state index contributed by atoms with van der Waals surface area (Å²) in [5.74, 6) is 1.60. The van der Waals surface area contributed by atoms with E-state index in [1.54, 1.807) is 0 Å². The molecule has 25 heavy (non-hydrogen) atoms. The Morgan fingerprint density at radius 3 is 2.32 bits per heavy atom. The first kappa shape index (κ1) is 19.0. The van der Waals surface area contributed by atoms with Gasteiger partial charge in [-0.15, -0.1) is 17.0 Å². The van der Waals surface area contributed by atoms with Gasteiger partial charge in [-0.1, -0.05) is 53.5 Å². The van der Waals surface area contributed by atoms with E-state index in [1.807, 2.05) is 18.2 Å². The molecule has 2 atom stereocenters. The summed E-state index contributed by atoms with van der Waals surface area (Å²) in [6.07, 6.45) is 1.34. The first-order valence-electron chi connectivity index (χ1n) is 8.68. The summed E-state index contributed by atoms with van der Waals surface area (Å²) in [4.78, 5) is 4.98. The topological polar surface area (TPSA) is 6.48 Å². The van der Waals surface area contributed by atoms with Crippen LogP contribution in [-0.4, -0.2) is 37.6 Å². The van der Waals surface area contributed by atoms with Crippen molar-refractivity contribution in [2.45, 2.75) is 12.3 Å². The summed E-state index contributed by atoms with van der Waals surface area (Å²) in [7, 11) is 0. The Morgan fingerprint density at radius 1 is 0.920 bits per heavy atom. The maximum atomic E-state index is 6.34. The monoisotopic (exact) mass is 440 g/mol. The van der Waals surface area contributed by atoms with Gasteiger partial charge in [0.05, 0.1) is 10.7 Å². The van der Waals surface area contributed by atoms with Gasteiger partial charge < -0.3 is 4.90 Å². The average molecular weight is 442 g/mol. The molecule has 0 amide bonds. The molecule has 4 rings (SSSR count). The predicted molar refractivity (Wildman–Crippen MR) is 113 cm³/mol. The first-order valence-corrected chi connectivity index (χ1v) is 9.43. The standard InChI is InChI=1S/C20H22Cl2N2.BrH/c21-17-6-7-20(19(22)13-17)24-10-8-23(9-11-24)14-16-12-18(16)15-4-2-1-3-5-15;/h1-7,13,16,18H,8-12,14H2;1H/t16-,18-;/m1./s1. The highest BCUT2D eigenvalue weighted by atomic mass is 79.9. The van der Waals surface area contributed by atoms with Gasteiger partial charge >= 0.3 is 0 Å². The molecule has 1 aliphatic carbocycles. The fourth-order valence-corrected chi connectivity index (χ4v) is 4.33. The zero-order chi connectivity index (χ0) is 16.5. The summed E-state index contributed by atoms with van der Waals surface area (Å²) in [5, 5.41) is 1.45. The lowest BCUT2D eigenvalue weighted by molar-refractivity contribution is 0.246. The number of piperazine rings is 1. The lowest BCUT2D eigenvalue weighted by Gasteiger charge is -2.36. The number of anilines is 1. The van der Waals surface area contributed by atoms with Gasteiger partial charge in [0.15, 0.2) is 0 Å². The third-order valence-electron chi connectivity index (χ3n) is 5.27. The minimum absolute atomic E-state index is 0. The van der Waals surface area contributed by atoms with Crippen LogP contribution in [0.3, 0.4) is 0 Å². The highest BCUT2D eigenvalue weighted by Gasteiger charge is 2.39. The molecule has 1 aliphatic heterocycles. The van der Waals surface area contributed by atoms with Crippen molar-refractivity contribution in [3.8, 4) is 0 Å². The van der Waals surface area contributed by atoms with Crippen LogP contribution in [0, 0.1) is 5.92 Å². The Bertz CT molecular complexity index is 702. The lowest BCUT2D eigenvalue weighted by atomic mass is 10.1. The van der Waals surface area contributed by atoms with Gasteiger partial charge in [0.1, 0.15) is 0 Å². The van der Waals surface area contributed by atoms with E-state index in [4.69, 9.17) is 23.2 Å². The predicted octanol–water partition coefficient (Wildman–Crippen LogP) is 5.50. The average Bonchev–Trinajstić information content (AvgIpc) is 3.36. The molecule has 0 bridgehead atoms. The van der Waals surface area contributed by atoms with E-state index in [2.05, 4.69) is 40.1 Å². The number of nitrogens with zero attached hydrogens (tertiary/aromatic N) is 2. The fraction of sp³-hybridized carbons (Fsp3) is 0.400. The second-order valence-corrected chi connectivity index (χ2v) is 7.74. The van der Waals surface area contributed by atoms with Gasteiger partial charge in [-0.05, 0) is 42.0 Å². The second kappa shape index (κ2) is 8.30. The molecule has 0 N–H and O–H groups in total. The SMILES string of the molecule is Br.Clc1ccc(N2CCN(C[C@H]3C[C@@H]3c3ccccc3)CC2)c(Cl)c1. The summed E-state index contributed by atoms with van der Waals surface area (Å²) in [6.45, 7) is 5.50. The van der Waals surface area contributed by atoms with Crippen LogP contribution in [-0.2, 0) is 0 Å². The van der Waals surface area contributed by atoms with Crippen LogP contribution >= 0.6 is 40.2 Å². The zero-order valence-corrected chi connectivity index (χ0v) is 17.3. The smallest absolute Gasteiger partial charge is 0.0654 e. The number of benzene rings is 2. The van der Waals surface area contributed by atoms with Crippen LogP contribution in [0.1, 0.15) is 17.9 Å². The Morgan fingerprint density at radius 2 is 1.64 bits per heavy atom. The van der Waals surface area contributed by atoms with E-state index in [0.29, 0.717) is 5.02 Å². The normalized spacial score (nSPS) is 23.2. The van der Waals surface area contributed by atoms with Crippen LogP contribution in [0.2, 0.25) is 10.0 Å². The van der Waals surface area contributed by atoms with Crippen LogP contribution < -0.4 is 4.90 Å². The van der Waals surface area contributed by atoms with Gasteiger partial charge in [0, 0.05) is 37.7 Å². The van der Waals surface area contributed by atoms with Gasteiger partial charge in [-0.2, -0.15) is 0 Å². The minimum atomic E-state index is 0. The quantitative estimate of drug-likeness (QED) is 0.618. The molecular formula is C20H23BrCl2N2. The lowest BCUT2D eigenvalue weighted by Crippen LogP contribution is -2.47. The number of hydrogen-bond donors (Lipinski definition) is 0. The van der Waals surface area contributed by atoms with E-state index in [-0.39, 0.29) is 17.0 Å². The molecule has 1 saturated heterocycles. The van der Waals surface area contributed by atoms with Crippen LogP contribution in [0.15, 0.2) is 48.5 Å². The summed E-state index contributed by atoms with van der Waals surface area (Å²) >= 11 is 12.3. The molecule has 0 aromatic heterocycles. The van der Waals surface area contributed by atoms with Crippen molar-refractivity contribution in [1.82, 2.24) is 4.90 Å². The Hall–Kier alpha value is -0.740. The second-order valence-electron chi connectivity index (χ2n) is 6.90. The highest BCUT2D eigenvalue weighted by Crippen LogP contribution is 2.47. The van der Waals surface area contributed by atoms with E-state index in [1.165, 1.54) is 18.5 Å². The van der Waals surface area contributed by atoms with Crippen molar-refractivity contribution in [2.24, 2.45) is 5.92 Å². The minimum Gasteiger partial charge on any atom is -0.368 e. The molecule has 1 heterocycles. The summed E-state index contributed by atoms with van der Waals surface area (Å²) < 4.78 is 0. The third-order valence-corrected chi connectivity index (χ3v) is 5.80. The molecule has 2 aromatic carbocycles. The Balaban J connectivity index is 0.00000182. The van der Waals surface area contributed by atoms with Crippen molar-refractivity contribution >= 4 is 45.9 Å². The van der Waals surface area contributed by atoms with Crippen molar-refractivity contribution in [1.29, 1.82) is 0 Å². The van der Waals surface area contributed by atoms with E-state index in [0.717, 1.165) is 48.7 Å². The van der Waals surface area contributed by atoms with Gasteiger partial charge in [-0.25, -0.2) is 0 Å². The van der Waals surface area contributed by atoms with Gasteiger partial charge in [-0.3, -0.25) is 4.90 Å². The van der Waals surface area contributed by atoms with Gasteiger partial charge in [0.2, 0.25) is 0 Å². The Kier molecular flexibility index (Phi) is 6.32. The van der Waals surface area contributed by atoms with E-state index < -0.39 is 0 Å². The number of hydrogen-bond acceptors (Lipinski definition) is 2. The molecule has 0 spiro atoms. The fourth-order valence-electron chi connectivity index (χ4n) is 3.80. The zero-order valence-electron chi connectivity index (χ0n) is 14.1. The summed E-state index contributed by atoms with van der Waals surface area (Å²) in [5.41, 5.74) is 2.61. The molecule has 2 aliphatic rings. The molecule has 5 heteroatoms. The molecular weight excluding hydrogens is 419 g/mol. The van der Waals surface area contributed by atoms with Crippen molar-refractivity contribution in [3.05, 3.63) is 64.1 Å². The van der Waals surface area contributed by atoms with Crippen LogP contribution in [0.4, 0.5) is 5.69 Å². The van der Waals surface area contributed by atoms with Crippen molar-refractivity contribution < 1.29 is 0 Å². The van der Waals surface area contributed by atoms with Crippen LogP contribution in [0.25, 0.3) is 0 Å². The molecule has 1 saturated carbocycles. The first-order chi connectivity index (χ1) is 11.7.